The molecule has 2 aromatic rings. The molecule has 2 amide bonds. The molecule has 0 spiro atoms. The molecule has 9 heteroatoms. The Morgan fingerprint density at radius 2 is 1.97 bits per heavy atom. The minimum absolute atomic E-state index is 0.0328. The first kappa shape index (κ1) is 20.2. The second kappa shape index (κ2) is 7.62. The minimum Gasteiger partial charge on any atom is -0.268 e. The lowest BCUT2D eigenvalue weighted by Crippen LogP contribution is -2.43. The molecule has 1 aliphatic heterocycles. The Morgan fingerprint density at radius 1 is 1.17 bits per heavy atom. The minimum atomic E-state index is -3.64. The first-order chi connectivity index (χ1) is 13.8. The number of nitrogens with one attached hydrogen (secondary N) is 1. The zero-order valence-electron chi connectivity index (χ0n) is 16.3. The SMILES string of the molecule is C[C@H]1[C@H](C)CCC[C@@H]1NS(=O)(=O)c1ccc(CN2C(=O)c3cccnc3C2=O)s1. The predicted octanol–water partition coefficient (Wildman–Crippen LogP) is 3.04. The van der Waals surface area contributed by atoms with Gasteiger partial charge in [-0.1, -0.05) is 26.7 Å². The van der Waals surface area contributed by atoms with Gasteiger partial charge in [0.05, 0.1) is 12.1 Å². The van der Waals surface area contributed by atoms with Crippen LogP contribution in [0, 0.1) is 11.8 Å². The fourth-order valence-corrected chi connectivity index (χ4v) is 6.73. The number of rotatable bonds is 5. The number of amides is 2. The van der Waals surface area contributed by atoms with Crippen molar-refractivity contribution < 1.29 is 18.0 Å². The highest BCUT2D eigenvalue weighted by Gasteiger charge is 2.37. The maximum atomic E-state index is 12.9. The Balaban J connectivity index is 1.49. The normalized spacial score (nSPS) is 24.8. The first-order valence-electron chi connectivity index (χ1n) is 9.70. The highest BCUT2D eigenvalue weighted by atomic mass is 32.2. The number of hydrogen-bond acceptors (Lipinski definition) is 6. The lowest BCUT2D eigenvalue weighted by Gasteiger charge is -2.34. The molecule has 0 bridgehead atoms. The quantitative estimate of drug-likeness (QED) is 0.731. The molecule has 3 atom stereocenters. The second-order valence-electron chi connectivity index (χ2n) is 7.81. The fourth-order valence-electron chi connectivity index (χ4n) is 4.01. The molecule has 7 nitrogen and oxygen atoms in total. The molecule has 1 saturated carbocycles. The van der Waals surface area contributed by atoms with Gasteiger partial charge < -0.3 is 0 Å². The molecule has 3 heterocycles. The maximum absolute atomic E-state index is 12.9. The van der Waals surface area contributed by atoms with Gasteiger partial charge in [-0.3, -0.25) is 19.5 Å². The van der Waals surface area contributed by atoms with Crippen LogP contribution in [0.3, 0.4) is 0 Å². The summed E-state index contributed by atoms with van der Waals surface area (Å²) in [6.45, 7) is 4.28. The van der Waals surface area contributed by atoms with Crippen molar-refractivity contribution in [3.63, 3.8) is 0 Å². The molecule has 2 aromatic heterocycles. The van der Waals surface area contributed by atoms with Crippen molar-refractivity contribution in [2.24, 2.45) is 11.8 Å². The van der Waals surface area contributed by atoms with E-state index in [0.717, 1.165) is 35.5 Å². The molecule has 0 radical (unpaired) electrons. The van der Waals surface area contributed by atoms with E-state index >= 15 is 0 Å². The van der Waals surface area contributed by atoms with Crippen LogP contribution in [0.4, 0.5) is 0 Å². The molecule has 1 aliphatic carbocycles. The summed E-state index contributed by atoms with van der Waals surface area (Å²) in [4.78, 5) is 30.7. The smallest absolute Gasteiger partial charge is 0.268 e. The third kappa shape index (κ3) is 3.74. The van der Waals surface area contributed by atoms with Crippen LogP contribution in [0.1, 0.15) is 58.8 Å². The van der Waals surface area contributed by atoms with E-state index in [1.165, 1.54) is 12.3 Å². The van der Waals surface area contributed by atoms with E-state index in [2.05, 4.69) is 23.6 Å². The van der Waals surface area contributed by atoms with Crippen LogP contribution in [-0.2, 0) is 16.6 Å². The van der Waals surface area contributed by atoms with Gasteiger partial charge in [-0.05, 0) is 42.5 Å². The summed E-state index contributed by atoms with van der Waals surface area (Å²) >= 11 is 1.08. The van der Waals surface area contributed by atoms with Crippen LogP contribution >= 0.6 is 11.3 Å². The topological polar surface area (TPSA) is 96.4 Å². The standard InChI is InChI=1S/C20H23N3O4S2/c1-12-5-3-7-16(13(12)2)22-29(26,27)17-9-8-14(28-17)11-23-19(24)15-6-4-10-21-18(15)20(23)25/h4,6,8-10,12-13,16,22H,3,5,7,11H2,1-2H3/t12-,13+,16+/m1/s1. The van der Waals surface area contributed by atoms with Gasteiger partial charge in [0, 0.05) is 17.1 Å². The molecule has 0 aromatic carbocycles. The van der Waals surface area contributed by atoms with Gasteiger partial charge in [0.15, 0.2) is 0 Å². The molecule has 0 saturated heterocycles. The monoisotopic (exact) mass is 433 g/mol. The van der Waals surface area contributed by atoms with Crippen molar-refractivity contribution in [2.45, 2.75) is 49.9 Å². The number of imide groups is 1. The Morgan fingerprint density at radius 3 is 2.72 bits per heavy atom. The zero-order chi connectivity index (χ0) is 20.8. The van der Waals surface area contributed by atoms with E-state index in [1.807, 2.05) is 0 Å². The van der Waals surface area contributed by atoms with Crippen LogP contribution < -0.4 is 4.72 Å². The summed E-state index contributed by atoms with van der Waals surface area (Å²) in [7, 11) is -3.64. The largest absolute Gasteiger partial charge is 0.280 e. The van der Waals surface area contributed by atoms with Crippen LogP contribution in [0.2, 0.25) is 0 Å². The lowest BCUT2D eigenvalue weighted by atomic mass is 9.78. The van der Waals surface area contributed by atoms with Gasteiger partial charge in [-0.15, -0.1) is 11.3 Å². The van der Waals surface area contributed by atoms with Crippen molar-refractivity contribution in [3.05, 3.63) is 46.6 Å². The molecule has 1 N–H and O–H groups in total. The molecular weight excluding hydrogens is 410 g/mol. The Bertz CT molecular complexity index is 1030. The van der Waals surface area contributed by atoms with Crippen LogP contribution in [0.25, 0.3) is 0 Å². The van der Waals surface area contributed by atoms with Crippen molar-refractivity contribution in [1.29, 1.82) is 0 Å². The summed E-state index contributed by atoms with van der Waals surface area (Å²) < 4.78 is 28.8. The van der Waals surface area contributed by atoms with Gasteiger partial charge in [-0.2, -0.15) is 0 Å². The van der Waals surface area contributed by atoms with Crippen LogP contribution in [-0.4, -0.2) is 36.2 Å². The number of thiophene rings is 1. The number of carbonyl (C=O) groups is 2. The number of hydrogen-bond donors (Lipinski definition) is 1. The van der Waals surface area contributed by atoms with E-state index in [1.54, 1.807) is 18.2 Å². The van der Waals surface area contributed by atoms with E-state index < -0.39 is 21.8 Å². The number of pyridine rings is 1. The average molecular weight is 434 g/mol. The Kier molecular flexibility index (Phi) is 5.30. The summed E-state index contributed by atoms with van der Waals surface area (Å²) in [5.74, 6) is -0.0906. The van der Waals surface area contributed by atoms with Crippen molar-refractivity contribution in [3.8, 4) is 0 Å². The van der Waals surface area contributed by atoms with E-state index in [9.17, 15) is 18.0 Å². The Hall–Kier alpha value is -2.10. The van der Waals surface area contributed by atoms with E-state index in [0.29, 0.717) is 10.8 Å². The van der Waals surface area contributed by atoms with Crippen LogP contribution in [0.5, 0.6) is 0 Å². The zero-order valence-corrected chi connectivity index (χ0v) is 17.9. The molecule has 29 heavy (non-hydrogen) atoms. The highest BCUT2D eigenvalue weighted by Crippen LogP contribution is 2.32. The fraction of sp³-hybridized carbons (Fsp3) is 0.450. The third-order valence-electron chi connectivity index (χ3n) is 5.96. The van der Waals surface area contributed by atoms with Gasteiger partial charge in [0.1, 0.15) is 9.90 Å². The number of nitrogens with zero attached hydrogens (tertiary/aromatic N) is 2. The molecule has 2 aliphatic rings. The van der Waals surface area contributed by atoms with Gasteiger partial charge in [0.2, 0.25) is 10.0 Å². The summed E-state index contributed by atoms with van der Waals surface area (Å²) in [5.41, 5.74) is 0.424. The Labute approximate surface area is 174 Å². The summed E-state index contributed by atoms with van der Waals surface area (Å²) in [6.07, 6.45) is 4.45. The molecule has 1 fully saturated rings. The van der Waals surface area contributed by atoms with Crippen molar-refractivity contribution in [1.82, 2.24) is 14.6 Å². The van der Waals surface area contributed by atoms with Gasteiger partial charge in [-0.25, -0.2) is 13.1 Å². The maximum Gasteiger partial charge on any atom is 0.280 e. The molecule has 154 valence electrons. The number of sulfonamides is 1. The molecular formula is C20H23N3O4S2. The van der Waals surface area contributed by atoms with Gasteiger partial charge in [0.25, 0.3) is 11.8 Å². The number of aromatic nitrogens is 1. The van der Waals surface area contributed by atoms with Crippen molar-refractivity contribution in [2.75, 3.05) is 0 Å². The highest BCUT2D eigenvalue weighted by molar-refractivity contribution is 7.91. The number of carbonyl (C=O) groups excluding carboxylic acids is 2. The predicted molar refractivity (Wildman–Crippen MR) is 109 cm³/mol. The molecule has 4 rings (SSSR count). The van der Waals surface area contributed by atoms with Gasteiger partial charge >= 0.3 is 0 Å². The first-order valence-corrected chi connectivity index (χ1v) is 12.0. The molecule has 0 unspecified atom stereocenters. The second-order valence-corrected chi connectivity index (χ2v) is 10.9. The average Bonchev–Trinajstić information content (AvgIpc) is 3.26. The number of fused-ring (bicyclic) bond motifs is 1. The lowest BCUT2D eigenvalue weighted by molar-refractivity contribution is 0.0642. The third-order valence-corrected chi connectivity index (χ3v) is 9.01. The van der Waals surface area contributed by atoms with Crippen LogP contribution in [0.15, 0.2) is 34.7 Å². The van der Waals surface area contributed by atoms with E-state index in [4.69, 9.17) is 0 Å². The summed E-state index contributed by atoms with van der Waals surface area (Å²) in [6, 6.07) is 6.31. The summed E-state index contributed by atoms with van der Waals surface area (Å²) in [5, 5.41) is 0. The van der Waals surface area contributed by atoms with Crippen molar-refractivity contribution >= 4 is 33.2 Å². The van der Waals surface area contributed by atoms with E-state index in [-0.39, 0.29) is 34.0 Å².